The van der Waals surface area contributed by atoms with E-state index in [0.717, 1.165) is 31.7 Å². The van der Waals surface area contributed by atoms with Gasteiger partial charge in [0.15, 0.2) is 0 Å². The number of sulfonamides is 1. The number of hydrogen-bond acceptors (Lipinski definition) is 5. The van der Waals surface area contributed by atoms with Crippen LogP contribution >= 0.6 is 0 Å². The fourth-order valence-electron chi connectivity index (χ4n) is 3.07. The van der Waals surface area contributed by atoms with Crippen LogP contribution in [0.2, 0.25) is 0 Å². The van der Waals surface area contributed by atoms with Crippen LogP contribution < -0.4 is 4.90 Å². The van der Waals surface area contributed by atoms with Crippen molar-refractivity contribution in [2.24, 2.45) is 0 Å². The molecule has 24 heavy (non-hydrogen) atoms. The summed E-state index contributed by atoms with van der Waals surface area (Å²) in [5, 5.41) is 0. The molecule has 1 saturated heterocycles. The number of piperazine rings is 1. The topological polar surface area (TPSA) is 73.8 Å². The highest BCUT2D eigenvalue weighted by molar-refractivity contribution is 7.88. The lowest BCUT2D eigenvalue weighted by Gasteiger charge is -2.35. The maximum Gasteiger partial charge on any atom is 0.224 e. The van der Waals surface area contributed by atoms with E-state index in [2.05, 4.69) is 9.88 Å². The molecule has 132 valence electrons. The van der Waals surface area contributed by atoms with E-state index in [1.165, 1.54) is 10.6 Å². The van der Waals surface area contributed by atoms with Gasteiger partial charge < -0.3 is 9.80 Å². The molecule has 0 aromatic carbocycles. The number of aromatic nitrogens is 1. The number of rotatable bonds is 6. The monoisotopic (exact) mass is 352 g/mol. The fraction of sp³-hybridized carbons (Fsp3) is 0.625. The molecule has 1 aliphatic carbocycles. The number of amides is 1. The van der Waals surface area contributed by atoms with Crippen LogP contribution in [0.1, 0.15) is 19.3 Å². The van der Waals surface area contributed by atoms with Gasteiger partial charge in [0.2, 0.25) is 15.9 Å². The van der Waals surface area contributed by atoms with Crippen LogP contribution in [0.4, 0.5) is 5.82 Å². The average Bonchev–Trinajstić information content (AvgIpc) is 3.39. The molecule has 8 heteroatoms. The average molecular weight is 352 g/mol. The molecule has 1 aliphatic heterocycles. The van der Waals surface area contributed by atoms with Gasteiger partial charge in [-0.25, -0.2) is 13.4 Å². The molecule has 2 heterocycles. The third-order valence-corrected chi connectivity index (χ3v) is 5.86. The maximum atomic E-state index is 12.4. The van der Waals surface area contributed by atoms with Gasteiger partial charge in [0.25, 0.3) is 0 Å². The number of carbonyl (C=O) groups is 1. The highest BCUT2D eigenvalue weighted by Crippen LogP contribution is 2.29. The van der Waals surface area contributed by atoms with Crippen LogP contribution in [0.5, 0.6) is 0 Å². The Bertz CT molecular complexity index is 668. The SMILES string of the molecule is CS(=O)(=O)N(CCC(=O)N1CCN(c2ccccn2)CC1)C1CC1. The van der Waals surface area contributed by atoms with Crippen molar-refractivity contribution in [2.45, 2.75) is 25.3 Å². The van der Waals surface area contributed by atoms with E-state index in [4.69, 9.17) is 0 Å². The van der Waals surface area contributed by atoms with E-state index in [0.29, 0.717) is 19.6 Å². The van der Waals surface area contributed by atoms with Gasteiger partial charge in [-0.2, -0.15) is 4.31 Å². The zero-order chi connectivity index (χ0) is 17.2. The van der Waals surface area contributed by atoms with Crippen LogP contribution in [0.25, 0.3) is 0 Å². The lowest BCUT2D eigenvalue weighted by molar-refractivity contribution is -0.131. The first-order chi connectivity index (χ1) is 11.4. The van der Waals surface area contributed by atoms with E-state index < -0.39 is 10.0 Å². The summed E-state index contributed by atoms with van der Waals surface area (Å²) < 4.78 is 25.1. The summed E-state index contributed by atoms with van der Waals surface area (Å²) in [5.74, 6) is 0.964. The Morgan fingerprint density at radius 1 is 1.25 bits per heavy atom. The van der Waals surface area contributed by atoms with E-state index in [1.807, 2.05) is 23.1 Å². The van der Waals surface area contributed by atoms with Crippen molar-refractivity contribution in [3.8, 4) is 0 Å². The van der Waals surface area contributed by atoms with Crippen molar-refractivity contribution >= 4 is 21.7 Å². The third-order valence-electron chi connectivity index (χ3n) is 4.53. The summed E-state index contributed by atoms with van der Waals surface area (Å²) in [5.41, 5.74) is 0. The number of hydrogen-bond donors (Lipinski definition) is 0. The molecule has 1 amide bonds. The second kappa shape index (κ2) is 7.06. The van der Waals surface area contributed by atoms with Crippen molar-refractivity contribution in [2.75, 3.05) is 43.9 Å². The fourth-order valence-corrected chi connectivity index (χ4v) is 4.25. The second-order valence-corrected chi connectivity index (χ2v) is 8.35. The van der Waals surface area contributed by atoms with Crippen LogP contribution in [0.15, 0.2) is 24.4 Å². The quantitative estimate of drug-likeness (QED) is 0.747. The minimum Gasteiger partial charge on any atom is -0.353 e. The van der Waals surface area contributed by atoms with Gasteiger partial charge in [0.1, 0.15) is 5.82 Å². The first-order valence-electron chi connectivity index (χ1n) is 8.36. The number of pyridine rings is 1. The van der Waals surface area contributed by atoms with Crippen molar-refractivity contribution in [1.82, 2.24) is 14.2 Å². The Labute approximate surface area is 143 Å². The first-order valence-corrected chi connectivity index (χ1v) is 10.2. The zero-order valence-corrected chi connectivity index (χ0v) is 14.8. The molecule has 1 aromatic heterocycles. The van der Waals surface area contributed by atoms with E-state index >= 15 is 0 Å². The Morgan fingerprint density at radius 3 is 2.50 bits per heavy atom. The Balaban J connectivity index is 1.48. The normalized spacial score (nSPS) is 18.9. The Kier molecular flexibility index (Phi) is 5.05. The highest BCUT2D eigenvalue weighted by atomic mass is 32.2. The molecule has 0 spiro atoms. The number of anilines is 1. The van der Waals surface area contributed by atoms with Crippen LogP contribution in [0, 0.1) is 0 Å². The lowest BCUT2D eigenvalue weighted by atomic mass is 10.2. The van der Waals surface area contributed by atoms with Crippen LogP contribution in [-0.4, -0.2) is 73.5 Å². The summed E-state index contributed by atoms with van der Waals surface area (Å²) in [4.78, 5) is 20.7. The van der Waals surface area contributed by atoms with Gasteiger partial charge in [-0.05, 0) is 25.0 Å². The predicted molar refractivity (Wildman–Crippen MR) is 92.2 cm³/mol. The Hall–Kier alpha value is -1.67. The molecular weight excluding hydrogens is 328 g/mol. The van der Waals surface area contributed by atoms with Gasteiger partial charge in [0, 0.05) is 51.4 Å². The molecule has 1 saturated carbocycles. The van der Waals surface area contributed by atoms with Gasteiger partial charge in [-0.1, -0.05) is 6.07 Å². The summed E-state index contributed by atoms with van der Waals surface area (Å²) in [7, 11) is -3.23. The number of nitrogens with zero attached hydrogens (tertiary/aromatic N) is 4. The highest BCUT2D eigenvalue weighted by Gasteiger charge is 2.35. The minimum atomic E-state index is -3.23. The third kappa shape index (κ3) is 4.24. The smallest absolute Gasteiger partial charge is 0.224 e. The van der Waals surface area contributed by atoms with Gasteiger partial charge in [-0.15, -0.1) is 0 Å². The molecule has 0 unspecified atom stereocenters. The largest absolute Gasteiger partial charge is 0.353 e. The van der Waals surface area contributed by atoms with Crippen molar-refractivity contribution in [3.63, 3.8) is 0 Å². The van der Waals surface area contributed by atoms with Gasteiger partial charge in [-0.3, -0.25) is 4.79 Å². The molecule has 7 nitrogen and oxygen atoms in total. The van der Waals surface area contributed by atoms with Crippen molar-refractivity contribution < 1.29 is 13.2 Å². The van der Waals surface area contributed by atoms with E-state index in [1.54, 1.807) is 6.20 Å². The second-order valence-electron chi connectivity index (χ2n) is 6.41. The standard InChI is InChI=1S/C16H24N4O3S/c1-24(22,23)20(14-5-6-14)9-7-16(21)19-12-10-18(11-13-19)15-4-2-3-8-17-15/h2-4,8,14H,5-7,9-13H2,1H3. The van der Waals surface area contributed by atoms with Crippen LogP contribution in [0.3, 0.4) is 0 Å². The van der Waals surface area contributed by atoms with Gasteiger partial charge in [0.05, 0.1) is 6.26 Å². The minimum absolute atomic E-state index is 0.0324. The lowest BCUT2D eigenvalue weighted by Crippen LogP contribution is -2.49. The summed E-state index contributed by atoms with van der Waals surface area (Å²) >= 11 is 0. The van der Waals surface area contributed by atoms with Crippen LogP contribution in [-0.2, 0) is 14.8 Å². The molecule has 2 aliphatic rings. The maximum absolute atomic E-state index is 12.4. The molecule has 1 aromatic rings. The van der Waals surface area contributed by atoms with E-state index in [9.17, 15) is 13.2 Å². The van der Waals surface area contributed by atoms with E-state index in [-0.39, 0.29) is 18.4 Å². The summed E-state index contributed by atoms with van der Waals surface area (Å²) in [6.45, 7) is 3.10. The summed E-state index contributed by atoms with van der Waals surface area (Å²) in [6, 6.07) is 5.92. The summed E-state index contributed by atoms with van der Waals surface area (Å²) in [6.07, 6.45) is 5.06. The van der Waals surface area contributed by atoms with Crippen molar-refractivity contribution in [3.05, 3.63) is 24.4 Å². The van der Waals surface area contributed by atoms with Crippen molar-refractivity contribution in [1.29, 1.82) is 0 Å². The Morgan fingerprint density at radius 2 is 1.96 bits per heavy atom. The molecule has 0 atom stereocenters. The zero-order valence-electron chi connectivity index (χ0n) is 14.0. The number of carbonyl (C=O) groups excluding carboxylic acids is 1. The molecule has 0 radical (unpaired) electrons. The molecule has 0 bridgehead atoms. The van der Waals surface area contributed by atoms with Gasteiger partial charge >= 0.3 is 0 Å². The first kappa shape index (κ1) is 17.2. The molecule has 3 rings (SSSR count). The molecular formula is C16H24N4O3S. The molecule has 2 fully saturated rings. The predicted octanol–water partition coefficient (Wildman–Crippen LogP) is 0.544. The molecule has 0 N–H and O–H groups in total.